The predicted octanol–water partition coefficient (Wildman–Crippen LogP) is -0.0775. The maximum absolute atomic E-state index is 11.4. The van der Waals surface area contributed by atoms with Crippen LogP contribution in [-0.2, 0) is 9.59 Å². The van der Waals surface area contributed by atoms with Crippen molar-refractivity contribution < 1.29 is 14.7 Å². The highest BCUT2D eigenvalue weighted by atomic mass is 16.4. The van der Waals surface area contributed by atoms with E-state index in [9.17, 15) is 9.59 Å². The topological polar surface area (TPSA) is 69.6 Å². The van der Waals surface area contributed by atoms with Crippen LogP contribution in [0.15, 0.2) is 0 Å². The highest BCUT2D eigenvalue weighted by Crippen LogP contribution is 2.19. The summed E-state index contributed by atoms with van der Waals surface area (Å²) >= 11 is 0. The molecule has 1 aliphatic heterocycles. The quantitative estimate of drug-likeness (QED) is 0.657. The van der Waals surface area contributed by atoms with E-state index in [-0.39, 0.29) is 24.8 Å². The van der Waals surface area contributed by atoms with E-state index in [2.05, 4.69) is 11.2 Å². The summed E-state index contributed by atoms with van der Waals surface area (Å²) in [6, 6.07) is 0. The molecular formula is C12H18N2O3. The number of terminal acetylenes is 1. The highest BCUT2D eigenvalue weighted by Gasteiger charge is 2.23. The summed E-state index contributed by atoms with van der Waals surface area (Å²) in [5.74, 6) is 1.63. The van der Waals surface area contributed by atoms with Crippen LogP contribution in [0.1, 0.15) is 19.3 Å². The third-order valence-corrected chi connectivity index (χ3v) is 2.82. The molecule has 0 spiro atoms. The van der Waals surface area contributed by atoms with Gasteiger partial charge in [0.25, 0.3) is 0 Å². The molecular weight excluding hydrogens is 220 g/mol. The number of rotatable bonds is 5. The fourth-order valence-electron chi connectivity index (χ4n) is 2.12. The van der Waals surface area contributed by atoms with E-state index >= 15 is 0 Å². The molecule has 2 N–H and O–H groups in total. The molecule has 17 heavy (non-hydrogen) atoms. The number of carbonyl (C=O) groups excluding carboxylic acids is 1. The van der Waals surface area contributed by atoms with Gasteiger partial charge in [-0.3, -0.25) is 14.5 Å². The van der Waals surface area contributed by atoms with Crippen LogP contribution >= 0.6 is 0 Å². The molecule has 1 unspecified atom stereocenters. The Kier molecular flexibility index (Phi) is 5.50. The maximum atomic E-state index is 11.4. The molecule has 5 heteroatoms. The van der Waals surface area contributed by atoms with Crippen molar-refractivity contribution in [2.45, 2.75) is 19.3 Å². The van der Waals surface area contributed by atoms with Crippen LogP contribution in [0.25, 0.3) is 0 Å². The summed E-state index contributed by atoms with van der Waals surface area (Å²) in [5, 5.41) is 11.3. The largest absolute Gasteiger partial charge is 0.481 e. The normalized spacial score (nSPS) is 20.5. The average Bonchev–Trinajstić information content (AvgIpc) is 2.26. The number of amides is 1. The van der Waals surface area contributed by atoms with Gasteiger partial charge in [-0.05, 0) is 25.3 Å². The number of carbonyl (C=O) groups is 2. The van der Waals surface area contributed by atoms with E-state index in [0.717, 1.165) is 19.4 Å². The van der Waals surface area contributed by atoms with Gasteiger partial charge in [-0.1, -0.05) is 5.92 Å². The minimum absolute atomic E-state index is 0.0982. The van der Waals surface area contributed by atoms with Crippen LogP contribution in [0.4, 0.5) is 0 Å². The first-order chi connectivity index (χ1) is 8.11. The average molecular weight is 238 g/mol. The van der Waals surface area contributed by atoms with Crippen LogP contribution < -0.4 is 5.32 Å². The van der Waals surface area contributed by atoms with E-state index in [1.807, 2.05) is 4.90 Å². The second-order valence-corrected chi connectivity index (χ2v) is 4.32. The Balaban J connectivity index is 2.31. The molecule has 0 aromatic carbocycles. The summed E-state index contributed by atoms with van der Waals surface area (Å²) < 4.78 is 0. The third-order valence-electron chi connectivity index (χ3n) is 2.82. The molecule has 1 heterocycles. The highest BCUT2D eigenvalue weighted by molar-refractivity contribution is 5.78. The Morgan fingerprint density at radius 2 is 2.29 bits per heavy atom. The van der Waals surface area contributed by atoms with Gasteiger partial charge in [0, 0.05) is 13.0 Å². The summed E-state index contributed by atoms with van der Waals surface area (Å²) in [6.07, 6.45) is 7.10. The molecule has 94 valence electrons. The zero-order valence-electron chi connectivity index (χ0n) is 9.82. The molecule has 0 aromatic rings. The molecule has 1 saturated heterocycles. The first-order valence-electron chi connectivity index (χ1n) is 5.76. The van der Waals surface area contributed by atoms with Gasteiger partial charge in [-0.25, -0.2) is 0 Å². The summed E-state index contributed by atoms with van der Waals surface area (Å²) in [6.45, 7) is 2.07. The van der Waals surface area contributed by atoms with Gasteiger partial charge in [0.15, 0.2) is 0 Å². The molecule has 0 saturated carbocycles. The number of carboxylic acids is 1. The summed E-state index contributed by atoms with van der Waals surface area (Å²) in [4.78, 5) is 24.0. The predicted molar refractivity (Wildman–Crippen MR) is 63.3 cm³/mol. The Bertz CT molecular complexity index is 322. The third kappa shape index (κ3) is 5.36. The van der Waals surface area contributed by atoms with Crippen molar-refractivity contribution in [3.63, 3.8) is 0 Å². The number of carboxylic acid groups (broad SMARTS) is 1. The molecule has 0 bridgehead atoms. The first-order valence-corrected chi connectivity index (χ1v) is 5.76. The van der Waals surface area contributed by atoms with Crippen LogP contribution in [0.3, 0.4) is 0 Å². The summed E-state index contributed by atoms with van der Waals surface area (Å²) in [5.41, 5.74) is 0. The number of likely N-dealkylation sites (tertiary alicyclic amines) is 1. The van der Waals surface area contributed by atoms with Crippen LogP contribution in [0, 0.1) is 18.3 Å². The van der Waals surface area contributed by atoms with Crippen molar-refractivity contribution in [1.29, 1.82) is 0 Å². The smallest absolute Gasteiger partial charge is 0.303 e. The van der Waals surface area contributed by atoms with Gasteiger partial charge in [0.1, 0.15) is 0 Å². The number of aliphatic carboxylic acids is 1. The van der Waals surface area contributed by atoms with Gasteiger partial charge in [-0.2, -0.15) is 0 Å². The molecule has 0 aliphatic carbocycles. The second kappa shape index (κ2) is 6.92. The van der Waals surface area contributed by atoms with Gasteiger partial charge in [-0.15, -0.1) is 6.42 Å². The lowest BCUT2D eigenvalue weighted by Crippen LogP contribution is -2.43. The van der Waals surface area contributed by atoms with Crippen LogP contribution in [0.5, 0.6) is 0 Å². The van der Waals surface area contributed by atoms with E-state index in [1.54, 1.807) is 0 Å². The van der Waals surface area contributed by atoms with E-state index in [1.165, 1.54) is 0 Å². The van der Waals surface area contributed by atoms with Crippen molar-refractivity contribution in [3.8, 4) is 12.3 Å². The lowest BCUT2D eigenvalue weighted by Gasteiger charge is -2.31. The number of nitrogens with zero attached hydrogens (tertiary/aromatic N) is 1. The molecule has 5 nitrogen and oxygen atoms in total. The molecule has 0 aromatic heterocycles. The Labute approximate surface area is 101 Å². The van der Waals surface area contributed by atoms with Gasteiger partial charge in [0.2, 0.25) is 5.91 Å². The Morgan fingerprint density at radius 1 is 1.53 bits per heavy atom. The number of hydrogen-bond donors (Lipinski definition) is 2. The fraction of sp³-hybridized carbons (Fsp3) is 0.667. The Hall–Kier alpha value is -1.54. The molecule has 1 atom stereocenters. The molecule has 1 aliphatic rings. The standard InChI is InChI=1S/C12H18N2O3/c1-2-5-13-11(15)9-14-6-3-4-10(8-14)7-12(16)17/h1,10H,3-9H2,(H,13,15)(H,16,17). The molecule has 1 amide bonds. The zero-order chi connectivity index (χ0) is 12.7. The minimum atomic E-state index is -0.770. The van der Waals surface area contributed by atoms with Crippen LogP contribution in [0.2, 0.25) is 0 Å². The first kappa shape index (κ1) is 13.5. The monoisotopic (exact) mass is 238 g/mol. The van der Waals surface area contributed by atoms with E-state index < -0.39 is 5.97 Å². The van der Waals surface area contributed by atoms with Gasteiger partial charge in [0.05, 0.1) is 13.1 Å². The number of nitrogens with one attached hydrogen (secondary N) is 1. The van der Waals surface area contributed by atoms with E-state index in [4.69, 9.17) is 11.5 Å². The fourth-order valence-corrected chi connectivity index (χ4v) is 2.12. The van der Waals surface area contributed by atoms with Crippen LogP contribution in [-0.4, -0.2) is 48.1 Å². The van der Waals surface area contributed by atoms with Crippen molar-refractivity contribution in [2.75, 3.05) is 26.2 Å². The van der Waals surface area contributed by atoms with E-state index in [0.29, 0.717) is 13.1 Å². The zero-order valence-corrected chi connectivity index (χ0v) is 9.82. The van der Waals surface area contributed by atoms with Crippen molar-refractivity contribution >= 4 is 11.9 Å². The summed E-state index contributed by atoms with van der Waals surface area (Å²) in [7, 11) is 0. The second-order valence-electron chi connectivity index (χ2n) is 4.32. The maximum Gasteiger partial charge on any atom is 0.303 e. The number of piperidine rings is 1. The van der Waals surface area contributed by atoms with Gasteiger partial charge >= 0.3 is 5.97 Å². The number of hydrogen-bond acceptors (Lipinski definition) is 3. The lowest BCUT2D eigenvalue weighted by molar-refractivity contribution is -0.138. The van der Waals surface area contributed by atoms with Gasteiger partial charge < -0.3 is 10.4 Å². The van der Waals surface area contributed by atoms with Crippen molar-refractivity contribution in [2.24, 2.45) is 5.92 Å². The Morgan fingerprint density at radius 3 is 2.94 bits per heavy atom. The molecule has 1 fully saturated rings. The van der Waals surface area contributed by atoms with Crippen molar-refractivity contribution in [1.82, 2.24) is 10.2 Å². The lowest BCUT2D eigenvalue weighted by atomic mass is 9.95. The minimum Gasteiger partial charge on any atom is -0.481 e. The SMILES string of the molecule is C#CCNC(=O)CN1CCCC(CC(=O)O)C1. The van der Waals surface area contributed by atoms with Crippen molar-refractivity contribution in [3.05, 3.63) is 0 Å². The molecule has 0 radical (unpaired) electrons. The molecule has 1 rings (SSSR count).